The highest BCUT2D eigenvalue weighted by Crippen LogP contribution is 2.40. The average Bonchev–Trinajstić information content (AvgIpc) is 2.83. The molecular weight excluding hydrogens is 434 g/mol. The third-order valence-electron chi connectivity index (χ3n) is 5.84. The molecule has 2 aromatic rings. The first-order valence-electron chi connectivity index (χ1n) is 11.4. The second-order valence-electron chi connectivity index (χ2n) is 8.04. The van der Waals surface area contributed by atoms with Gasteiger partial charge in [-0.3, -0.25) is 4.79 Å². The second kappa shape index (κ2) is 10.3. The summed E-state index contributed by atoms with van der Waals surface area (Å²) in [7, 11) is 0. The van der Waals surface area contributed by atoms with Gasteiger partial charge in [0.1, 0.15) is 0 Å². The number of carbonyl (C=O) groups excluding carboxylic acids is 2. The van der Waals surface area contributed by atoms with Crippen LogP contribution in [0.5, 0.6) is 0 Å². The number of nitrogens with one attached hydrogen (secondary N) is 1. The number of amides is 1. The van der Waals surface area contributed by atoms with Gasteiger partial charge in [0, 0.05) is 23.5 Å². The molecule has 4 rings (SSSR count). The monoisotopic (exact) mass is 463 g/mol. The minimum atomic E-state index is -0.344. The molecule has 0 aromatic heterocycles. The predicted octanol–water partition coefficient (Wildman–Crippen LogP) is 5.19. The van der Waals surface area contributed by atoms with Crippen molar-refractivity contribution in [1.29, 1.82) is 0 Å². The van der Waals surface area contributed by atoms with Crippen LogP contribution in [0, 0.1) is 0 Å². The molecule has 6 nitrogen and oxygen atoms in total. The molecule has 0 aliphatic carbocycles. The summed E-state index contributed by atoms with van der Waals surface area (Å²) in [5, 5.41) is 3.94. The van der Waals surface area contributed by atoms with Crippen molar-refractivity contribution in [3.63, 3.8) is 0 Å². The van der Waals surface area contributed by atoms with Crippen LogP contribution in [0.4, 0.5) is 5.69 Å². The van der Waals surface area contributed by atoms with Gasteiger partial charge >= 0.3 is 5.97 Å². The molecule has 2 aliphatic heterocycles. The maximum Gasteiger partial charge on any atom is 0.338 e. The van der Waals surface area contributed by atoms with E-state index in [0.29, 0.717) is 29.1 Å². The predicted molar refractivity (Wildman–Crippen MR) is 134 cm³/mol. The standard InChI is InChI=1S/C26H29N3O3S/c1-4-18-10-12-19(13-11-18)24(30)28-21-9-6-8-20(16-21)23-22(25(31)32-5-2)17(3)27-26-29(23)14-7-15-33-26/h6,8-13,16,23H,4-5,7,14-15H2,1-3H3,(H,28,30)/t23-/m0/s1. The number of fused-ring (bicyclic) bond motifs is 1. The van der Waals surface area contributed by atoms with Crippen molar-refractivity contribution in [3.05, 3.63) is 76.5 Å². The van der Waals surface area contributed by atoms with Crippen LogP contribution in [0.2, 0.25) is 0 Å². The van der Waals surface area contributed by atoms with E-state index in [-0.39, 0.29) is 17.9 Å². The molecule has 0 saturated carbocycles. The Morgan fingerprint density at radius 3 is 2.70 bits per heavy atom. The van der Waals surface area contributed by atoms with Crippen molar-refractivity contribution < 1.29 is 14.3 Å². The number of carbonyl (C=O) groups is 2. The molecule has 0 radical (unpaired) electrons. The normalized spacial score (nSPS) is 17.8. The van der Waals surface area contributed by atoms with Gasteiger partial charge in [0.15, 0.2) is 5.17 Å². The average molecular weight is 464 g/mol. The highest BCUT2D eigenvalue weighted by atomic mass is 32.2. The van der Waals surface area contributed by atoms with Gasteiger partial charge in [-0.1, -0.05) is 43.0 Å². The van der Waals surface area contributed by atoms with E-state index >= 15 is 0 Å². The fourth-order valence-electron chi connectivity index (χ4n) is 4.17. The highest BCUT2D eigenvalue weighted by molar-refractivity contribution is 8.13. The molecule has 0 bridgehead atoms. The lowest BCUT2D eigenvalue weighted by atomic mass is 9.94. The number of allylic oxidation sites excluding steroid dienone is 1. The van der Waals surface area contributed by atoms with E-state index in [0.717, 1.165) is 35.9 Å². The molecule has 1 N–H and O–H groups in total. The van der Waals surface area contributed by atoms with Crippen LogP contribution in [-0.2, 0) is 16.0 Å². The summed E-state index contributed by atoms with van der Waals surface area (Å²) in [6.45, 7) is 6.88. The Morgan fingerprint density at radius 2 is 1.97 bits per heavy atom. The molecule has 1 fully saturated rings. The van der Waals surface area contributed by atoms with Crippen LogP contribution in [0.15, 0.2) is 64.8 Å². The smallest absolute Gasteiger partial charge is 0.338 e. The number of benzene rings is 2. The van der Waals surface area contributed by atoms with Crippen LogP contribution in [0.3, 0.4) is 0 Å². The number of thioether (sulfide) groups is 1. The first kappa shape index (κ1) is 23.1. The summed E-state index contributed by atoms with van der Waals surface area (Å²) >= 11 is 1.71. The van der Waals surface area contributed by atoms with Gasteiger partial charge in [0.25, 0.3) is 5.91 Å². The molecule has 1 saturated heterocycles. The first-order chi connectivity index (χ1) is 16.0. The molecule has 0 unspecified atom stereocenters. The topological polar surface area (TPSA) is 71.0 Å². The van der Waals surface area contributed by atoms with Gasteiger partial charge < -0.3 is 15.0 Å². The maximum absolute atomic E-state index is 12.9. The third kappa shape index (κ3) is 4.98. The van der Waals surface area contributed by atoms with Gasteiger partial charge in [0.05, 0.1) is 23.9 Å². The molecule has 172 valence electrons. The first-order valence-corrected chi connectivity index (χ1v) is 12.4. The van der Waals surface area contributed by atoms with E-state index in [1.807, 2.05) is 55.5 Å². The number of esters is 1. The SMILES string of the molecule is CCOC(=O)C1=C(C)N=C2SCCCN2[C@H]1c1cccc(NC(=O)c2ccc(CC)cc2)c1. The van der Waals surface area contributed by atoms with E-state index < -0.39 is 0 Å². The van der Waals surface area contributed by atoms with Gasteiger partial charge in [-0.2, -0.15) is 0 Å². The number of hydrogen-bond donors (Lipinski definition) is 1. The van der Waals surface area contributed by atoms with Gasteiger partial charge in [-0.15, -0.1) is 0 Å². The summed E-state index contributed by atoms with van der Waals surface area (Å²) in [5.74, 6) is 0.507. The quantitative estimate of drug-likeness (QED) is 0.597. The van der Waals surface area contributed by atoms with Crippen LogP contribution < -0.4 is 5.32 Å². The molecular formula is C26H29N3O3S. The van der Waals surface area contributed by atoms with E-state index in [1.54, 1.807) is 18.7 Å². The van der Waals surface area contributed by atoms with Gasteiger partial charge in [0.2, 0.25) is 0 Å². The number of anilines is 1. The summed E-state index contributed by atoms with van der Waals surface area (Å²) in [4.78, 5) is 32.6. The summed E-state index contributed by atoms with van der Waals surface area (Å²) in [6.07, 6.45) is 1.95. The Balaban J connectivity index is 1.65. The Labute approximate surface area is 199 Å². The van der Waals surface area contributed by atoms with Crippen molar-refractivity contribution in [2.24, 2.45) is 4.99 Å². The number of aliphatic imine (C=N–C) groups is 1. The summed E-state index contributed by atoms with van der Waals surface area (Å²) < 4.78 is 5.39. The molecule has 0 spiro atoms. The number of rotatable bonds is 6. The van der Waals surface area contributed by atoms with E-state index in [9.17, 15) is 9.59 Å². The molecule has 1 amide bonds. The minimum Gasteiger partial charge on any atom is -0.463 e. The number of hydrogen-bond acceptors (Lipinski definition) is 6. The fraction of sp³-hybridized carbons (Fsp3) is 0.346. The number of nitrogens with zero attached hydrogens (tertiary/aromatic N) is 2. The molecule has 2 heterocycles. The van der Waals surface area contributed by atoms with Crippen molar-refractivity contribution >= 4 is 34.5 Å². The lowest BCUT2D eigenvalue weighted by Crippen LogP contribution is -2.42. The van der Waals surface area contributed by atoms with E-state index in [1.165, 1.54) is 5.56 Å². The molecule has 33 heavy (non-hydrogen) atoms. The Kier molecular flexibility index (Phi) is 7.18. The molecule has 7 heteroatoms. The zero-order chi connectivity index (χ0) is 23.4. The van der Waals surface area contributed by atoms with Crippen molar-refractivity contribution in [2.45, 2.75) is 39.7 Å². The summed E-state index contributed by atoms with van der Waals surface area (Å²) in [5.41, 5.74) is 4.65. The molecule has 2 aromatic carbocycles. The summed E-state index contributed by atoms with van der Waals surface area (Å²) in [6, 6.07) is 15.0. The van der Waals surface area contributed by atoms with Crippen LogP contribution >= 0.6 is 11.8 Å². The number of aryl methyl sites for hydroxylation is 1. The highest BCUT2D eigenvalue weighted by Gasteiger charge is 2.37. The van der Waals surface area contributed by atoms with Crippen LogP contribution in [0.25, 0.3) is 0 Å². The lowest BCUT2D eigenvalue weighted by molar-refractivity contribution is -0.139. The molecule has 1 atom stereocenters. The third-order valence-corrected chi connectivity index (χ3v) is 6.92. The van der Waals surface area contributed by atoms with Crippen molar-refractivity contribution in [1.82, 2.24) is 4.90 Å². The van der Waals surface area contributed by atoms with Gasteiger partial charge in [-0.05, 0) is 62.1 Å². The zero-order valence-corrected chi connectivity index (χ0v) is 20.1. The second-order valence-corrected chi connectivity index (χ2v) is 9.10. The minimum absolute atomic E-state index is 0.161. The number of ether oxygens (including phenoxy) is 1. The maximum atomic E-state index is 12.9. The van der Waals surface area contributed by atoms with Crippen molar-refractivity contribution in [3.8, 4) is 0 Å². The molecule has 2 aliphatic rings. The van der Waals surface area contributed by atoms with E-state index in [4.69, 9.17) is 9.73 Å². The number of amidine groups is 1. The van der Waals surface area contributed by atoms with Crippen LogP contribution in [0.1, 0.15) is 54.7 Å². The van der Waals surface area contributed by atoms with Gasteiger partial charge in [-0.25, -0.2) is 9.79 Å². The van der Waals surface area contributed by atoms with E-state index in [2.05, 4.69) is 17.1 Å². The Hall–Kier alpha value is -3.06. The fourth-order valence-corrected chi connectivity index (χ4v) is 5.19. The van der Waals surface area contributed by atoms with Crippen LogP contribution in [-0.4, -0.2) is 40.8 Å². The Bertz CT molecular complexity index is 1110. The zero-order valence-electron chi connectivity index (χ0n) is 19.3. The Morgan fingerprint density at radius 1 is 1.18 bits per heavy atom. The van der Waals surface area contributed by atoms with Crippen molar-refractivity contribution in [2.75, 3.05) is 24.2 Å². The largest absolute Gasteiger partial charge is 0.463 e. The lowest BCUT2D eigenvalue weighted by Gasteiger charge is -2.40.